The monoisotopic (exact) mass is 231 g/mol. The summed E-state index contributed by atoms with van der Waals surface area (Å²) in [6, 6.07) is 1.46. The molecule has 1 aromatic carbocycles. The Labute approximate surface area is 88.8 Å². The Morgan fingerprint density at radius 3 is 2.62 bits per heavy atom. The minimum Gasteiger partial charge on any atom is -0.461 e. The first-order valence-corrected chi connectivity index (χ1v) is 4.18. The number of ether oxygens (including phenoxy) is 1. The highest BCUT2D eigenvalue weighted by Gasteiger charge is 2.22. The molecule has 0 aliphatic carbocycles. The maximum atomic E-state index is 13.2. The number of nitro groups is 1. The number of hydrogen-bond acceptors (Lipinski definition) is 4. The maximum absolute atomic E-state index is 13.2. The lowest BCUT2D eigenvalue weighted by molar-refractivity contribution is -0.386. The molecule has 7 heteroatoms. The first-order valence-electron chi connectivity index (χ1n) is 4.18. The SMILES string of the molecule is CC(=O)OCc1c([N+](=O)[O-])ccc(F)c1F. The smallest absolute Gasteiger partial charge is 0.302 e. The quantitative estimate of drug-likeness (QED) is 0.452. The van der Waals surface area contributed by atoms with Crippen LogP contribution in [0.2, 0.25) is 0 Å². The van der Waals surface area contributed by atoms with E-state index in [2.05, 4.69) is 4.74 Å². The molecule has 1 rings (SSSR count). The van der Waals surface area contributed by atoms with Gasteiger partial charge in [0, 0.05) is 13.0 Å². The average molecular weight is 231 g/mol. The number of benzene rings is 1. The van der Waals surface area contributed by atoms with Crippen molar-refractivity contribution in [3.8, 4) is 0 Å². The molecule has 0 atom stereocenters. The molecule has 86 valence electrons. The number of carbonyl (C=O) groups is 1. The van der Waals surface area contributed by atoms with Crippen LogP contribution in [0.4, 0.5) is 14.5 Å². The summed E-state index contributed by atoms with van der Waals surface area (Å²) < 4.78 is 30.4. The van der Waals surface area contributed by atoms with Gasteiger partial charge in [-0.3, -0.25) is 14.9 Å². The number of esters is 1. The molecule has 1 aromatic rings. The van der Waals surface area contributed by atoms with Crippen LogP contribution in [0.5, 0.6) is 0 Å². The maximum Gasteiger partial charge on any atom is 0.302 e. The topological polar surface area (TPSA) is 69.4 Å². The van der Waals surface area contributed by atoms with Crippen LogP contribution in [0, 0.1) is 21.7 Å². The summed E-state index contributed by atoms with van der Waals surface area (Å²) in [6.07, 6.45) is 0. The van der Waals surface area contributed by atoms with Crippen LogP contribution in [0.3, 0.4) is 0 Å². The highest BCUT2D eigenvalue weighted by Crippen LogP contribution is 2.24. The summed E-state index contributed by atoms with van der Waals surface area (Å²) in [5.74, 6) is -3.35. The van der Waals surface area contributed by atoms with Crippen molar-refractivity contribution in [1.29, 1.82) is 0 Å². The Balaban J connectivity index is 3.15. The molecule has 0 N–H and O–H groups in total. The molecule has 0 unspecified atom stereocenters. The number of hydrogen-bond donors (Lipinski definition) is 0. The Hall–Kier alpha value is -2.05. The van der Waals surface area contributed by atoms with Crippen molar-refractivity contribution >= 4 is 11.7 Å². The van der Waals surface area contributed by atoms with Crippen LogP contribution < -0.4 is 0 Å². The van der Waals surface area contributed by atoms with Crippen molar-refractivity contribution in [2.24, 2.45) is 0 Å². The van der Waals surface area contributed by atoms with Crippen molar-refractivity contribution in [2.45, 2.75) is 13.5 Å². The van der Waals surface area contributed by atoms with Crippen molar-refractivity contribution < 1.29 is 23.2 Å². The van der Waals surface area contributed by atoms with E-state index in [-0.39, 0.29) is 0 Å². The highest BCUT2D eigenvalue weighted by molar-refractivity contribution is 5.66. The molecule has 0 bridgehead atoms. The van der Waals surface area contributed by atoms with Crippen molar-refractivity contribution in [1.82, 2.24) is 0 Å². The number of nitrogens with zero attached hydrogens (tertiary/aromatic N) is 1. The second-order valence-electron chi connectivity index (χ2n) is 2.90. The molecule has 0 aromatic heterocycles. The number of rotatable bonds is 3. The Morgan fingerprint density at radius 1 is 1.50 bits per heavy atom. The zero-order valence-corrected chi connectivity index (χ0v) is 8.20. The summed E-state index contributed by atoms with van der Waals surface area (Å²) in [7, 11) is 0. The highest BCUT2D eigenvalue weighted by atomic mass is 19.2. The lowest BCUT2D eigenvalue weighted by Crippen LogP contribution is -2.06. The van der Waals surface area contributed by atoms with Gasteiger partial charge in [0.25, 0.3) is 5.69 Å². The van der Waals surface area contributed by atoms with Gasteiger partial charge >= 0.3 is 5.97 Å². The summed E-state index contributed by atoms with van der Waals surface area (Å²) in [6.45, 7) is 0.387. The van der Waals surface area contributed by atoms with Gasteiger partial charge in [0.05, 0.1) is 4.92 Å². The summed E-state index contributed by atoms with van der Waals surface area (Å²) in [5, 5.41) is 10.5. The Kier molecular flexibility index (Phi) is 3.49. The van der Waals surface area contributed by atoms with Crippen molar-refractivity contribution in [3.63, 3.8) is 0 Å². The van der Waals surface area contributed by atoms with Gasteiger partial charge in [0.1, 0.15) is 12.2 Å². The molecular weight excluding hydrogens is 224 g/mol. The van der Waals surface area contributed by atoms with Gasteiger partial charge in [-0.2, -0.15) is 0 Å². The molecule has 0 saturated heterocycles. The molecule has 0 radical (unpaired) electrons. The van der Waals surface area contributed by atoms with E-state index >= 15 is 0 Å². The lowest BCUT2D eigenvalue weighted by atomic mass is 10.1. The zero-order valence-electron chi connectivity index (χ0n) is 8.20. The van der Waals surface area contributed by atoms with Crippen LogP contribution >= 0.6 is 0 Å². The Morgan fingerprint density at radius 2 is 2.12 bits per heavy atom. The molecule has 0 aliphatic heterocycles. The second-order valence-corrected chi connectivity index (χ2v) is 2.90. The van der Waals surface area contributed by atoms with E-state index < -0.39 is 40.4 Å². The zero-order chi connectivity index (χ0) is 12.3. The number of nitro benzene ring substituents is 1. The molecule has 16 heavy (non-hydrogen) atoms. The molecule has 0 amide bonds. The van der Waals surface area contributed by atoms with Crippen LogP contribution in [0.15, 0.2) is 12.1 Å². The normalized spacial score (nSPS) is 9.94. The van der Waals surface area contributed by atoms with Crippen LogP contribution in [0.1, 0.15) is 12.5 Å². The third kappa shape index (κ3) is 2.50. The van der Waals surface area contributed by atoms with Gasteiger partial charge in [-0.1, -0.05) is 0 Å². The van der Waals surface area contributed by atoms with Gasteiger partial charge in [-0.05, 0) is 6.07 Å². The van der Waals surface area contributed by atoms with Gasteiger partial charge in [-0.25, -0.2) is 8.78 Å². The standard InChI is InChI=1S/C9H7F2NO4/c1-5(13)16-4-6-8(12(14)15)3-2-7(10)9(6)11/h2-3H,4H2,1H3. The first kappa shape index (κ1) is 12.0. The van der Waals surface area contributed by atoms with Gasteiger partial charge in [-0.15, -0.1) is 0 Å². The van der Waals surface area contributed by atoms with Gasteiger partial charge in [0.15, 0.2) is 11.6 Å². The minimum atomic E-state index is -1.38. The van der Waals surface area contributed by atoms with E-state index in [4.69, 9.17) is 0 Å². The van der Waals surface area contributed by atoms with E-state index in [1.165, 1.54) is 0 Å². The number of carbonyl (C=O) groups excluding carboxylic acids is 1. The first-order chi connectivity index (χ1) is 7.43. The fourth-order valence-electron chi connectivity index (χ4n) is 1.06. The molecule has 0 fully saturated rings. The third-order valence-electron chi connectivity index (χ3n) is 1.79. The van der Waals surface area contributed by atoms with Crippen molar-refractivity contribution in [2.75, 3.05) is 0 Å². The van der Waals surface area contributed by atoms with Crippen LogP contribution in [-0.2, 0) is 16.1 Å². The van der Waals surface area contributed by atoms with E-state index in [0.717, 1.165) is 13.0 Å². The molecule has 0 aliphatic rings. The summed E-state index contributed by atoms with van der Waals surface area (Å²) >= 11 is 0. The summed E-state index contributed by atoms with van der Waals surface area (Å²) in [5.41, 5.74) is -1.21. The van der Waals surface area contributed by atoms with Gasteiger partial charge in [0.2, 0.25) is 0 Å². The Bertz CT molecular complexity index is 447. The fraction of sp³-hybridized carbons (Fsp3) is 0.222. The lowest BCUT2D eigenvalue weighted by Gasteiger charge is -2.05. The molecule has 0 spiro atoms. The van der Waals surface area contributed by atoms with E-state index in [1.807, 2.05) is 0 Å². The molecule has 0 heterocycles. The third-order valence-corrected chi connectivity index (χ3v) is 1.79. The average Bonchev–Trinajstić information content (AvgIpc) is 2.19. The molecule has 5 nitrogen and oxygen atoms in total. The minimum absolute atomic E-state index is 0.583. The van der Waals surface area contributed by atoms with E-state index in [9.17, 15) is 23.7 Å². The van der Waals surface area contributed by atoms with Gasteiger partial charge < -0.3 is 4.74 Å². The fourth-order valence-corrected chi connectivity index (χ4v) is 1.06. The van der Waals surface area contributed by atoms with Crippen molar-refractivity contribution in [3.05, 3.63) is 39.4 Å². The molecular formula is C9H7F2NO4. The largest absolute Gasteiger partial charge is 0.461 e. The predicted molar refractivity (Wildman–Crippen MR) is 48.5 cm³/mol. The molecule has 0 saturated carbocycles. The number of halogens is 2. The second kappa shape index (κ2) is 4.65. The van der Waals surface area contributed by atoms with E-state index in [0.29, 0.717) is 6.07 Å². The van der Waals surface area contributed by atoms with E-state index in [1.54, 1.807) is 0 Å². The van der Waals surface area contributed by atoms with Crippen LogP contribution in [0.25, 0.3) is 0 Å². The van der Waals surface area contributed by atoms with Crippen LogP contribution in [-0.4, -0.2) is 10.9 Å². The summed E-state index contributed by atoms with van der Waals surface area (Å²) in [4.78, 5) is 20.1. The predicted octanol–water partition coefficient (Wildman–Crippen LogP) is 1.94.